The van der Waals surface area contributed by atoms with Crippen molar-refractivity contribution in [2.24, 2.45) is 22.7 Å². The van der Waals surface area contributed by atoms with Gasteiger partial charge in [-0.1, -0.05) is 31.2 Å². The maximum atomic E-state index is 10.7. The van der Waals surface area contributed by atoms with Crippen LogP contribution in [0.2, 0.25) is 0 Å². The molecule has 116 valence electrons. The average molecular weight is 288 g/mol. The molecule has 3 rings (SSSR count). The predicted octanol–water partition coefficient (Wildman–Crippen LogP) is 3.61. The molecule has 0 radical (unpaired) electrons. The van der Waals surface area contributed by atoms with E-state index in [-0.39, 0.29) is 23.5 Å². The van der Waals surface area contributed by atoms with Crippen LogP contribution in [0.15, 0.2) is 36.5 Å². The molecule has 3 aliphatic carbocycles. The van der Waals surface area contributed by atoms with Gasteiger partial charge in [-0.2, -0.15) is 0 Å². The van der Waals surface area contributed by atoms with E-state index in [2.05, 4.69) is 26.2 Å². The molecule has 2 nitrogen and oxygen atoms in total. The van der Waals surface area contributed by atoms with Crippen LogP contribution in [-0.4, -0.2) is 22.9 Å². The first-order valence-electron chi connectivity index (χ1n) is 8.28. The average Bonchev–Trinajstić information content (AvgIpc) is 2.49. The Labute approximate surface area is 128 Å². The fourth-order valence-electron chi connectivity index (χ4n) is 5.20. The van der Waals surface area contributed by atoms with Crippen molar-refractivity contribution in [2.75, 3.05) is 6.61 Å². The van der Waals surface area contributed by atoms with Crippen LogP contribution < -0.4 is 0 Å². The van der Waals surface area contributed by atoms with E-state index >= 15 is 0 Å². The number of fused-ring (bicyclic) bond motifs is 3. The Balaban J connectivity index is 2.02. The number of allylic oxidation sites excluding steroid dienone is 1. The van der Waals surface area contributed by atoms with Crippen molar-refractivity contribution >= 4 is 0 Å². The second-order valence-corrected chi connectivity index (χ2v) is 7.65. The quantitative estimate of drug-likeness (QED) is 0.762. The van der Waals surface area contributed by atoms with Gasteiger partial charge in [0.05, 0.1) is 12.7 Å². The van der Waals surface area contributed by atoms with Gasteiger partial charge >= 0.3 is 0 Å². The van der Waals surface area contributed by atoms with Crippen molar-refractivity contribution in [3.05, 3.63) is 36.5 Å². The summed E-state index contributed by atoms with van der Waals surface area (Å²) >= 11 is 0. The summed E-state index contributed by atoms with van der Waals surface area (Å²) in [4.78, 5) is 0. The summed E-state index contributed by atoms with van der Waals surface area (Å²) in [5.74, 6) is 0.886. The molecular weight excluding hydrogens is 260 g/mol. The number of aliphatic hydroxyl groups is 2. The molecule has 5 atom stereocenters. The van der Waals surface area contributed by atoms with Crippen LogP contribution in [0.3, 0.4) is 0 Å². The van der Waals surface area contributed by atoms with Crippen molar-refractivity contribution in [3.63, 3.8) is 0 Å². The lowest BCUT2D eigenvalue weighted by atomic mass is 9.49. The molecule has 3 aliphatic rings. The Bertz CT molecular complexity index is 492. The number of rotatable bonds is 2. The molecule has 0 bridgehead atoms. The monoisotopic (exact) mass is 288 g/mol. The van der Waals surface area contributed by atoms with Gasteiger partial charge in [0, 0.05) is 5.41 Å². The highest BCUT2D eigenvalue weighted by Gasteiger charge is 2.52. The minimum atomic E-state index is -0.380. The van der Waals surface area contributed by atoms with Crippen LogP contribution in [0.1, 0.15) is 45.4 Å². The lowest BCUT2D eigenvalue weighted by Gasteiger charge is -2.56. The maximum Gasteiger partial charge on any atom is 0.0759 e. The third-order valence-corrected chi connectivity index (χ3v) is 6.60. The van der Waals surface area contributed by atoms with Crippen molar-refractivity contribution in [3.8, 4) is 0 Å². The van der Waals surface area contributed by atoms with Crippen molar-refractivity contribution in [2.45, 2.75) is 51.6 Å². The van der Waals surface area contributed by atoms with Gasteiger partial charge in [0.25, 0.3) is 0 Å². The van der Waals surface area contributed by atoms with E-state index in [0.29, 0.717) is 11.8 Å². The second-order valence-electron chi connectivity index (χ2n) is 7.65. The van der Waals surface area contributed by atoms with Gasteiger partial charge in [0.15, 0.2) is 0 Å². The van der Waals surface area contributed by atoms with Crippen LogP contribution in [-0.2, 0) is 0 Å². The Morgan fingerprint density at radius 3 is 2.81 bits per heavy atom. The Hall–Kier alpha value is -0.860. The zero-order valence-electron chi connectivity index (χ0n) is 13.1. The van der Waals surface area contributed by atoms with E-state index in [1.54, 1.807) is 0 Å². The highest BCUT2D eigenvalue weighted by molar-refractivity contribution is 5.32. The van der Waals surface area contributed by atoms with E-state index in [0.717, 1.165) is 31.3 Å². The smallest absolute Gasteiger partial charge is 0.0759 e. The molecule has 2 N–H and O–H groups in total. The Morgan fingerprint density at radius 2 is 2.14 bits per heavy atom. The molecule has 0 amide bonds. The summed E-state index contributed by atoms with van der Waals surface area (Å²) < 4.78 is 0. The number of hydrogen-bond acceptors (Lipinski definition) is 2. The standard InChI is InChI=1S/C19H28O2/c1-4-19(12-20)9-7-15-14(11-19)17(21)10-16-13(2)6-5-8-18(15,16)3/h4,11,15-17,20-21H,1-2,5-10,12H2,3H3. The maximum absolute atomic E-state index is 10.7. The summed E-state index contributed by atoms with van der Waals surface area (Å²) in [6.07, 6.45) is 9.95. The van der Waals surface area contributed by atoms with Gasteiger partial charge in [-0.25, -0.2) is 0 Å². The SMILES string of the molecule is C=CC1(CO)C=C2C(O)CC3C(=C)CCCC3(C)C2CC1. The lowest BCUT2D eigenvalue weighted by Crippen LogP contribution is -2.50. The summed E-state index contributed by atoms with van der Waals surface area (Å²) in [6, 6.07) is 0. The molecule has 0 aliphatic heterocycles. The fourth-order valence-corrected chi connectivity index (χ4v) is 5.20. The van der Waals surface area contributed by atoms with Gasteiger partial charge < -0.3 is 10.2 Å². The van der Waals surface area contributed by atoms with Crippen molar-refractivity contribution in [1.29, 1.82) is 0 Å². The Kier molecular flexibility index (Phi) is 3.66. The molecule has 5 unspecified atom stereocenters. The highest BCUT2D eigenvalue weighted by atomic mass is 16.3. The summed E-state index contributed by atoms with van der Waals surface area (Å²) in [6.45, 7) is 10.7. The van der Waals surface area contributed by atoms with Crippen LogP contribution >= 0.6 is 0 Å². The molecule has 0 aromatic rings. The molecule has 2 fully saturated rings. The van der Waals surface area contributed by atoms with Crippen molar-refractivity contribution < 1.29 is 10.2 Å². The van der Waals surface area contributed by atoms with E-state index in [9.17, 15) is 10.2 Å². The second kappa shape index (κ2) is 5.10. The third kappa shape index (κ3) is 2.15. The molecule has 0 aromatic carbocycles. The van der Waals surface area contributed by atoms with Gasteiger partial charge in [-0.05, 0) is 61.3 Å². The van der Waals surface area contributed by atoms with Gasteiger partial charge in [-0.3, -0.25) is 0 Å². The first kappa shape index (κ1) is 15.1. The molecule has 0 spiro atoms. The first-order chi connectivity index (χ1) is 9.96. The molecule has 0 aromatic heterocycles. The van der Waals surface area contributed by atoms with E-state index in [4.69, 9.17) is 0 Å². The molecule has 0 heterocycles. The summed E-state index contributed by atoms with van der Waals surface area (Å²) in [5, 5.41) is 20.4. The minimum absolute atomic E-state index is 0.0896. The Morgan fingerprint density at radius 1 is 1.38 bits per heavy atom. The number of aliphatic hydroxyl groups excluding tert-OH is 2. The highest BCUT2D eigenvalue weighted by Crippen LogP contribution is 2.60. The van der Waals surface area contributed by atoms with Crippen molar-refractivity contribution in [1.82, 2.24) is 0 Å². The van der Waals surface area contributed by atoms with Gasteiger partial charge in [-0.15, -0.1) is 6.58 Å². The third-order valence-electron chi connectivity index (χ3n) is 6.60. The normalized spacial score (nSPS) is 46.3. The number of hydrogen-bond donors (Lipinski definition) is 2. The zero-order valence-corrected chi connectivity index (χ0v) is 13.1. The summed E-state index contributed by atoms with van der Waals surface area (Å²) in [7, 11) is 0. The molecular formula is C19H28O2. The zero-order chi connectivity index (χ0) is 15.3. The molecule has 2 saturated carbocycles. The van der Waals surface area contributed by atoms with Gasteiger partial charge in [0.1, 0.15) is 0 Å². The van der Waals surface area contributed by atoms with E-state index in [1.165, 1.54) is 18.4 Å². The minimum Gasteiger partial charge on any atom is -0.395 e. The van der Waals surface area contributed by atoms with Crippen LogP contribution in [0.5, 0.6) is 0 Å². The largest absolute Gasteiger partial charge is 0.395 e. The van der Waals surface area contributed by atoms with Crippen LogP contribution in [0, 0.1) is 22.7 Å². The fraction of sp³-hybridized carbons (Fsp3) is 0.684. The van der Waals surface area contributed by atoms with E-state index in [1.807, 2.05) is 6.08 Å². The van der Waals surface area contributed by atoms with Gasteiger partial charge in [0.2, 0.25) is 0 Å². The molecule has 0 saturated heterocycles. The first-order valence-corrected chi connectivity index (χ1v) is 8.28. The van der Waals surface area contributed by atoms with Crippen LogP contribution in [0.25, 0.3) is 0 Å². The lowest BCUT2D eigenvalue weighted by molar-refractivity contribution is -0.00546. The predicted molar refractivity (Wildman–Crippen MR) is 85.7 cm³/mol. The topological polar surface area (TPSA) is 40.5 Å². The molecule has 21 heavy (non-hydrogen) atoms. The van der Waals surface area contributed by atoms with Crippen LogP contribution in [0.4, 0.5) is 0 Å². The van der Waals surface area contributed by atoms with E-state index < -0.39 is 0 Å². The summed E-state index contributed by atoms with van der Waals surface area (Å²) in [5.41, 5.74) is 2.40. The molecule has 2 heteroatoms.